The van der Waals surface area contributed by atoms with E-state index in [1.807, 2.05) is 60.7 Å². The van der Waals surface area contributed by atoms with Crippen LogP contribution < -0.4 is 0 Å². The molecular weight excluding hydrogens is 705 g/mol. The number of phenols is 4. The van der Waals surface area contributed by atoms with Crippen molar-refractivity contribution in [2.45, 2.75) is 35.5 Å². The molecule has 10 nitrogen and oxygen atoms in total. The first-order valence-corrected chi connectivity index (χ1v) is 19.0. The zero-order valence-electron chi connectivity index (χ0n) is 27.4. The van der Waals surface area contributed by atoms with Gasteiger partial charge in [0.25, 0.3) is 20.2 Å². The molecule has 0 atom stereocenters. The SMILES string of the molecule is O=S(=O)(O)c1cc2c(O)c(c1)Cc1cc(-c3ccccc3)cc(c1O)Cc1cc(S(=O)(=O)O)cc(c1O)Cc1cc(-c3ccccc3)cc(c1O)C2. The molecule has 6 aromatic carbocycles. The van der Waals surface area contributed by atoms with Crippen LogP contribution in [0.25, 0.3) is 22.3 Å². The lowest BCUT2D eigenvalue weighted by atomic mass is 9.88. The van der Waals surface area contributed by atoms with Gasteiger partial charge in [0.05, 0.1) is 9.79 Å². The summed E-state index contributed by atoms with van der Waals surface area (Å²) in [5.41, 5.74) is 3.95. The highest BCUT2D eigenvalue weighted by Gasteiger charge is 2.25. The summed E-state index contributed by atoms with van der Waals surface area (Å²) in [5, 5.41) is 46.7. The van der Waals surface area contributed by atoms with Gasteiger partial charge in [0, 0.05) is 47.9 Å². The van der Waals surface area contributed by atoms with Gasteiger partial charge >= 0.3 is 0 Å². The summed E-state index contributed by atoms with van der Waals surface area (Å²) in [6.45, 7) is 0. The molecule has 0 radical (unpaired) electrons. The number of rotatable bonds is 4. The van der Waals surface area contributed by atoms with Crippen molar-refractivity contribution in [3.8, 4) is 45.3 Å². The minimum Gasteiger partial charge on any atom is -0.507 e. The summed E-state index contributed by atoms with van der Waals surface area (Å²) in [6, 6.07) is 29.4. The van der Waals surface area contributed by atoms with Crippen molar-refractivity contribution < 1.29 is 46.4 Å². The summed E-state index contributed by atoms with van der Waals surface area (Å²) in [6.07, 6.45) is -0.868. The second-order valence-electron chi connectivity index (χ2n) is 12.9. The Morgan fingerprint density at radius 3 is 0.808 bits per heavy atom. The third kappa shape index (κ3) is 6.84. The van der Waals surface area contributed by atoms with E-state index >= 15 is 0 Å². The van der Waals surface area contributed by atoms with E-state index < -0.39 is 30.0 Å². The van der Waals surface area contributed by atoms with Crippen LogP contribution in [0.5, 0.6) is 23.0 Å². The molecule has 0 unspecified atom stereocenters. The number of benzene rings is 6. The summed E-state index contributed by atoms with van der Waals surface area (Å²) in [7, 11) is -9.56. The van der Waals surface area contributed by atoms with E-state index in [-0.39, 0.29) is 93.2 Å². The van der Waals surface area contributed by atoms with Crippen molar-refractivity contribution in [2.75, 3.05) is 0 Å². The Kier molecular flexibility index (Phi) is 8.79. The van der Waals surface area contributed by atoms with Gasteiger partial charge in [-0.3, -0.25) is 9.11 Å². The molecule has 12 heteroatoms. The summed E-state index contributed by atoms with van der Waals surface area (Å²) >= 11 is 0. The average Bonchev–Trinajstić information content (AvgIpc) is 3.10. The Morgan fingerprint density at radius 2 is 0.577 bits per heavy atom. The third-order valence-electron chi connectivity index (χ3n) is 9.35. The molecule has 6 N–H and O–H groups in total. The Morgan fingerprint density at radius 1 is 0.346 bits per heavy atom. The van der Waals surface area contributed by atoms with Gasteiger partial charge in [0.1, 0.15) is 23.0 Å². The van der Waals surface area contributed by atoms with Crippen molar-refractivity contribution >= 4 is 20.2 Å². The highest BCUT2D eigenvalue weighted by molar-refractivity contribution is 7.86. The minimum absolute atomic E-state index is 0.0566. The fourth-order valence-corrected chi connectivity index (χ4v) is 7.93. The fourth-order valence-electron chi connectivity index (χ4n) is 6.77. The molecule has 1 aliphatic carbocycles. The van der Waals surface area contributed by atoms with Gasteiger partial charge in [-0.15, -0.1) is 0 Å². The molecular formula is C40H32O10S2. The summed E-state index contributed by atoms with van der Waals surface area (Å²) < 4.78 is 70.4. The second-order valence-corrected chi connectivity index (χ2v) is 15.7. The maximum absolute atomic E-state index is 12.5. The van der Waals surface area contributed by atoms with E-state index in [1.165, 1.54) is 0 Å². The van der Waals surface area contributed by atoms with Crippen molar-refractivity contribution in [3.05, 3.63) is 154 Å². The molecule has 8 bridgehead atoms. The first kappa shape index (κ1) is 34.8. The van der Waals surface area contributed by atoms with Gasteiger partial charge in [-0.2, -0.15) is 16.8 Å². The van der Waals surface area contributed by atoms with Crippen LogP contribution in [0.1, 0.15) is 44.5 Å². The van der Waals surface area contributed by atoms with Crippen LogP contribution in [-0.4, -0.2) is 46.4 Å². The molecule has 0 aliphatic heterocycles. The molecule has 0 saturated heterocycles. The van der Waals surface area contributed by atoms with E-state index in [0.29, 0.717) is 11.1 Å². The zero-order chi connectivity index (χ0) is 36.9. The monoisotopic (exact) mass is 736 g/mol. The number of phenolic OH excluding ortho intramolecular Hbond substituents is 4. The zero-order valence-corrected chi connectivity index (χ0v) is 29.0. The molecule has 264 valence electrons. The first-order valence-electron chi connectivity index (χ1n) is 16.1. The van der Waals surface area contributed by atoms with Gasteiger partial charge in [0.2, 0.25) is 0 Å². The average molecular weight is 737 g/mol. The van der Waals surface area contributed by atoms with Crippen molar-refractivity contribution in [2.24, 2.45) is 0 Å². The molecule has 0 amide bonds. The topological polar surface area (TPSA) is 190 Å². The highest BCUT2D eigenvalue weighted by atomic mass is 32.2. The maximum Gasteiger partial charge on any atom is 0.294 e. The van der Waals surface area contributed by atoms with Crippen molar-refractivity contribution in [3.63, 3.8) is 0 Å². The summed E-state index contributed by atoms with van der Waals surface area (Å²) in [5.74, 6) is -1.15. The summed E-state index contributed by atoms with van der Waals surface area (Å²) in [4.78, 5) is -0.987. The molecule has 52 heavy (non-hydrogen) atoms. The molecule has 0 saturated carbocycles. The molecule has 6 aromatic rings. The number of hydrogen-bond acceptors (Lipinski definition) is 8. The lowest BCUT2D eigenvalue weighted by Crippen LogP contribution is -2.06. The predicted octanol–water partition coefficient (Wildman–Crippen LogP) is 7.01. The quantitative estimate of drug-likeness (QED) is 0.103. The van der Waals surface area contributed by atoms with E-state index in [0.717, 1.165) is 35.4 Å². The molecule has 0 spiro atoms. The molecule has 0 aromatic heterocycles. The van der Waals surface area contributed by atoms with Gasteiger partial charge < -0.3 is 20.4 Å². The number of hydrogen-bond donors (Lipinski definition) is 6. The lowest BCUT2D eigenvalue weighted by Gasteiger charge is -2.20. The Hall–Kier alpha value is -5.66. The maximum atomic E-state index is 12.5. The van der Waals surface area contributed by atoms with Gasteiger partial charge in [-0.05, 0) is 93.0 Å². The van der Waals surface area contributed by atoms with E-state index in [4.69, 9.17) is 0 Å². The van der Waals surface area contributed by atoms with Gasteiger partial charge in [-0.1, -0.05) is 60.7 Å². The van der Waals surface area contributed by atoms with Crippen LogP contribution in [0, 0.1) is 0 Å². The number of aromatic hydroxyl groups is 4. The Balaban J connectivity index is 1.55. The first-order chi connectivity index (χ1) is 24.7. The molecule has 1 aliphatic rings. The van der Waals surface area contributed by atoms with Crippen LogP contribution in [0.15, 0.2) is 119 Å². The van der Waals surface area contributed by atoms with Crippen LogP contribution in [0.3, 0.4) is 0 Å². The van der Waals surface area contributed by atoms with Gasteiger partial charge in [0.15, 0.2) is 0 Å². The fraction of sp³-hybridized carbons (Fsp3) is 0.100. The van der Waals surface area contributed by atoms with Crippen LogP contribution >= 0.6 is 0 Å². The third-order valence-corrected chi connectivity index (χ3v) is 11.0. The molecule has 7 rings (SSSR count). The normalized spacial score (nSPS) is 13.1. The van der Waals surface area contributed by atoms with Crippen LogP contribution in [0.2, 0.25) is 0 Å². The van der Waals surface area contributed by atoms with Crippen molar-refractivity contribution in [1.29, 1.82) is 0 Å². The largest absolute Gasteiger partial charge is 0.507 e. The minimum atomic E-state index is -4.78. The molecule has 0 heterocycles. The van der Waals surface area contributed by atoms with Gasteiger partial charge in [-0.25, -0.2) is 0 Å². The second kappa shape index (κ2) is 13.1. The smallest absolute Gasteiger partial charge is 0.294 e. The van der Waals surface area contributed by atoms with E-state index in [1.54, 1.807) is 24.3 Å². The van der Waals surface area contributed by atoms with E-state index in [2.05, 4.69) is 0 Å². The predicted molar refractivity (Wildman–Crippen MR) is 194 cm³/mol. The van der Waals surface area contributed by atoms with Crippen LogP contribution in [-0.2, 0) is 45.9 Å². The molecule has 0 fully saturated rings. The lowest BCUT2D eigenvalue weighted by molar-refractivity contribution is 0.450. The van der Waals surface area contributed by atoms with Crippen LogP contribution in [0.4, 0.5) is 0 Å². The Labute approximate surface area is 300 Å². The Bertz CT molecular complexity index is 2320. The highest BCUT2D eigenvalue weighted by Crippen LogP contribution is 2.41. The van der Waals surface area contributed by atoms with E-state index in [9.17, 15) is 46.4 Å². The standard InChI is InChI=1S/C40H32O10S2/c41-37-27-11-25(23-7-3-1-4-8-23)12-28(37)16-32-20-36(52(48,49)50)22-34(40(32)44)18-30-14-26(24-9-5-2-6-10-24)13-29(38(30)42)17-33-21-35(51(45,46)47)19-31(15-27)39(33)43/h1-14,19-22,41-44H,15-18H2,(H,45,46,47)(H,48,49,50). The van der Waals surface area contributed by atoms with Crippen molar-refractivity contribution in [1.82, 2.24) is 0 Å². The number of fused-ring (bicyclic) bond motifs is 8.